The minimum atomic E-state index is -0.314. The molecule has 0 radical (unpaired) electrons. The summed E-state index contributed by atoms with van der Waals surface area (Å²) < 4.78 is 13.5. The Hall–Kier alpha value is -2.34. The highest BCUT2D eigenvalue weighted by Gasteiger charge is 2.15. The van der Waals surface area contributed by atoms with Crippen molar-refractivity contribution >= 4 is 5.91 Å². The van der Waals surface area contributed by atoms with Crippen molar-refractivity contribution < 1.29 is 9.18 Å². The smallest absolute Gasteiger partial charge is 0.234 e. The number of hydrogen-bond acceptors (Lipinski definition) is 4. The Morgan fingerprint density at radius 1 is 1.36 bits per heavy atom. The van der Waals surface area contributed by atoms with Gasteiger partial charge in [-0.05, 0) is 26.1 Å². The first kappa shape index (κ1) is 16.0. The van der Waals surface area contributed by atoms with Crippen molar-refractivity contribution in [1.29, 1.82) is 0 Å². The fraction of sp³-hybridized carbons (Fsp3) is 0.312. The maximum absolute atomic E-state index is 13.5. The van der Waals surface area contributed by atoms with Crippen LogP contribution >= 0.6 is 0 Å². The van der Waals surface area contributed by atoms with Crippen LogP contribution in [0.1, 0.15) is 24.2 Å². The summed E-state index contributed by atoms with van der Waals surface area (Å²) in [4.78, 5) is 21.9. The van der Waals surface area contributed by atoms with E-state index in [0.717, 1.165) is 5.69 Å². The molecule has 0 spiro atoms. The van der Waals surface area contributed by atoms with Crippen molar-refractivity contribution in [2.75, 3.05) is 13.6 Å². The van der Waals surface area contributed by atoms with Gasteiger partial charge < -0.3 is 5.32 Å². The second-order valence-corrected chi connectivity index (χ2v) is 5.09. The number of benzene rings is 1. The number of amides is 1. The quantitative estimate of drug-likeness (QED) is 0.886. The summed E-state index contributed by atoms with van der Waals surface area (Å²) in [7, 11) is 1.84. The molecule has 1 aromatic heterocycles. The van der Waals surface area contributed by atoms with Crippen LogP contribution < -0.4 is 5.32 Å². The van der Waals surface area contributed by atoms with Crippen molar-refractivity contribution in [3.63, 3.8) is 0 Å². The van der Waals surface area contributed by atoms with Crippen LogP contribution in [0.25, 0.3) is 0 Å². The van der Waals surface area contributed by atoms with E-state index >= 15 is 0 Å². The third kappa shape index (κ3) is 4.33. The Bertz CT molecular complexity index is 621. The topological polar surface area (TPSA) is 58.1 Å². The number of rotatable bonds is 6. The van der Waals surface area contributed by atoms with Crippen LogP contribution in [0.2, 0.25) is 0 Å². The first-order valence-electron chi connectivity index (χ1n) is 7.04. The van der Waals surface area contributed by atoms with Crippen LogP contribution in [0.4, 0.5) is 4.39 Å². The highest BCUT2D eigenvalue weighted by atomic mass is 19.1. The molecule has 116 valence electrons. The van der Waals surface area contributed by atoms with Crippen molar-refractivity contribution in [3.05, 3.63) is 59.9 Å². The lowest BCUT2D eigenvalue weighted by Gasteiger charge is -2.23. The van der Waals surface area contributed by atoms with Crippen LogP contribution in [0.3, 0.4) is 0 Å². The molecule has 0 fully saturated rings. The third-order valence-electron chi connectivity index (χ3n) is 3.52. The first-order chi connectivity index (χ1) is 10.6. The van der Waals surface area contributed by atoms with E-state index in [1.807, 2.05) is 24.9 Å². The van der Waals surface area contributed by atoms with Gasteiger partial charge in [-0.25, -0.2) is 14.4 Å². The van der Waals surface area contributed by atoms with Gasteiger partial charge in [0.1, 0.15) is 12.1 Å². The molecule has 0 aliphatic rings. The zero-order chi connectivity index (χ0) is 15.9. The average molecular weight is 302 g/mol. The van der Waals surface area contributed by atoms with E-state index in [9.17, 15) is 9.18 Å². The van der Waals surface area contributed by atoms with Crippen molar-refractivity contribution in [2.45, 2.75) is 19.5 Å². The van der Waals surface area contributed by atoms with Gasteiger partial charge in [-0.3, -0.25) is 9.69 Å². The third-order valence-corrected chi connectivity index (χ3v) is 3.52. The lowest BCUT2D eigenvalue weighted by molar-refractivity contribution is -0.122. The molecule has 0 aliphatic carbocycles. The Kier molecular flexibility index (Phi) is 5.55. The van der Waals surface area contributed by atoms with E-state index in [2.05, 4.69) is 15.3 Å². The average Bonchev–Trinajstić information content (AvgIpc) is 2.54. The summed E-state index contributed by atoms with van der Waals surface area (Å²) in [6.07, 6.45) is 3.16. The first-order valence-corrected chi connectivity index (χ1v) is 7.04. The lowest BCUT2D eigenvalue weighted by atomic mass is 10.2. The Labute approximate surface area is 129 Å². The molecule has 0 saturated heterocycles. The molecule has 2 rings (SSSR count). The number of halogens is 1. The minimum Gasteiger partial charge on any atom is -0.351 e. The molecule has 5 nitrogen and oxygen atoms in total. The van der Waals surface area contributed by atoms with E-state index < -0.39 is 0 Å². The van der Waals surface area contributed by atoms with Crippen molar-refractivity contribution in [1.82, 2.24) is 20.2 Å². The lowest BCUT2D eigenvalue weighted by Crippen LogP contribution is -2.36. The second-order valence-electron chi connectivity index (χ2n) is 5.09. The number of nitrogens with one attached hydrogen (secondary N) is 1. The van der Waals surface area contributed by atoms with Crippen LogP contribution in [0.5, 0.6) is 0 Å². The van der Waals surface area contributed by atoms with Gasteiger partial charge >= 0.3 is 0 Å². The molecular formula is C16H19FN4O. The van der Waals surface area contributed by atoms with Crippen LogP contribution in [-0.2, 0) is 11.3 Å². The predicted octanol–water partition coefficient (Wildman–Crippen LogP) is 1.92. The Morgan fingerprint density at radius 2 is 2.14 bits per heavy atom. The zero-order valence-electron chi connectivity index (χ0n) is 12.7. The summed E-state index contributed by atoms with van der Waals surface area (Å²) in [5, 5.41) is 2.72. The second kappa shape index (κ2) is 7.61. The number of carbonyl (C=O) groups is 1. The van der Waals surface area contributed by atoms with E-state index in [-0.39, 0.29) is 30.9 Å². The van der Waals surface area contributed by atoms with Crippen molar-refractivity contribution in [3.8, 4) is 0 Å². The molecule has 0 saturated carbocycles. The van der Waals surface area contributed by atoms with E-state index in [0.29, 0.717) is 5.56 Å². The van der Waals surface area contributed by atoms with E-state index in [4.69, 9.17) is 0 Å². The molecule has 1 heterocycles. The number of aromatic nitrogens is 2. The molecule has 2 aromatic rings. The van der Waals surface area contributed by atoms with Gasteiger partial charge in [-0.1, -0.05) is 18.2 Å². The molecule has 6 heteroatoms. The Balaban J connectivity index is 1.85. The fourth-order valence-electron chi connectivity index (χ4n) is 2.03. The van der Waals surface area contributed by atoms with E-state index in [1.54, 1.807) is 24.4 Å². The minimum absolute atomic E-state index is 0.0118. The van der Waals surface area contributed by atoms with Gasteiger partial charge in [-0.2, -0.15) is 0 Å². The van der Waals surface area contributed by atoms with Crippen LogP contribution in [0.15, 0.2) is 42.9 Å². The van der Waals surface area contributed by atoms with Gasteiger partial charge in [0.2, 0.25) is 5.91 Å². The number of nitrogens with zero attached hydrogens (tertiary/aromatic N) is 3. The predicted molar refractivity (Wildman–Crippen MR) is 81.3 cm³/mol. The molecular weight excluding hydrogens is 283 g/mol. The summed E-state index contributed by atoms with van der Waals surface area (Å²) >= 11 is 0. The SMILES string of the molecule is CC(c1ccncn1)N(C)CC(=O)NCc1ccccc1F. The molecule has 1 N–H and O–H groups in total. The van der Waals surface area contributed by atoms with Crippen LogP contribution in [-0.4, -0.2) is 34.4 Å². The van der Waals surface area contributed by atoms with Gasteiger partial charge in [-0.15, -0.1) is 0 Å². The summed E-state index contributed by atoms with van der Waals surface area (Å²) in [6.45, 7) is 2.35. The number of hydrogen-bond donors (Lipinski definition) is 1. The van der Waals surface area contributed by atoms with Gasteiger partial charge in [0.25, 0.3) is 0 Å². The standard InChI is InChI=1S/C16H19FN4O/c1-12(15-7-8-18-11-20-15)21(2)10-16(22)19-9-13-5-3-4-6-14(13)17/h3-8,11-12H,9-10H2,1-2H3,(H,19,22). The highest BCUT2D eigenvalue weighted by molar-refractivity contribution is 5.78. The van der Waals surface area contributed by atoms with Crippen LogP contribution in [0, 0.1) is 5.82 Å². The molecule has 1 aromatic carbocycles. The maximum Gasteiger partial charge on any atom is 0.234 e. The normalized spacial score (nSPS) is 12.2. The maximum atomic E-state index is 13.5. The largest absolute Gasteiger partial charge is 0.351 e. The molecule has 0 aliphatic heterocycles. The van der Waals surface area contributed by atoms with E-state index in [1.165, 1.54) is 12.4 Å². The molecule has 1 amide bonds. The van der Waals surface area contributed by atoms with Gasteiger partial charge in [0, 0.05) is 24.3 Å². The Morgan fingerprint density at radius 3 is 2.82 bits per heavy atom. The summed E-state index contributed by atoms with van der Waals surface area (Å²) in [6, 6.07) is 8.21. The zero-order valence-corrected chi connectivity index (χ0v) is 12.7. The summed E-state index contributed by atoms with van der Waals surface area (Å²) in [5.41, 5.74) is 1.32. The van der Waals surface area contributed by atoms with Gasteiger partial charge in [0.05, 0.1) is 12.2 Å². The van der Waals surface area contributed by atoms with Gasteiger partial charge in [0.15, 0.2) is 0 Å². The van der Waals surface area contributed by atoms with Crippen molar-refractivity contribution in [2.24, 2.45) is 0 Å². The fourth-order valence-corrected chi connectivity index (χ4v) is 2.03. The molecule has 1 atom stereocenters. The monoisotopic (exact) mass is 302 g/mol. The molecule has 1 unspecified atom stereocenters. The number of likely N-dealkylation sites (N-methyl/N-ethyl adjacent to an activating group) is 1. The highest BCUT2D eigenvalue weighted by Crippen LogP contribution is 2.14. The molecule has 22 heavy (non-hydrogen) atoms. The molecule has 0 bridgehead atoms. The summed E-state index contributed by atoms with van der Waals surface area (Å²) in [5.74, 6) is -0.475. The number of carbonyl (C=O) groups excluding carboxylic acids is 1.